The first-order valence-electron chi connectivity index (χ1n) is 7.67. The average molecular weight is 310 g/mol. The molecule has 0 fully saturated rings. The second-order valence-corrected chi connectivity index (χ2v) is 5.64. The molecule has 1 aromatic heterocycles. The molecule has 2 aromatic rings. The van der Waals surface area contributed by atoms with Crippen LogP contribution in [0.1, 0.15) is 12.0 Å². The second kappa shape index (κ2) is 5.83. The SMILES string of the molecule is COC1=CCC(Cn2cccn2)C=C1c1ccc2c(c1)OCO2. The molecule has 1 aliphatic heterocycles. The van der Waals surface area contributed by atoms with Crippen LogP contribution in [0.4, 0.5) is 0 Å². The molecule has 118 valence electrons. The third-order valence-corrected chi connectivity index (χ3v) is 4.16. The van der Waals surface area contributed by atoms with Gasteiger partial charge < -0.3 is 14.2 Å². The number of fused-ring (bicyclic) bond motifs is 1. The lowest BCUT2D eigenvalue weighted by Crippen LogP contribution is -2.13. The number of aromatic nitrogens is 2. The van der Waals surface area contributed by atoms with Gasteiger partial charge in [0, 0.05) is 30.4 Å². The van der Waals surface area contributed by atoms with Crippen LogP contribution in [0.15, 0.2) is 54.6 Å². The Labute approximate surface area is 134 Å². The van der Waals surface area contributed by atoms with Crippen molar-refractivity contribution in [2.45, 2.75) is 13.0 Å². The summed E-state index contributed by atoms with van der Waals surface area (Å²) < 4.78 is 18.4. The van der Waals surface area contributed by atoms with E-state index in [4.69, 9.17) is 14.2 Å². The van der Waals surface area contributed by atoms with Crippen LogP contribution in [0.25, 0.3) is 5.57 Å². The zero-order valence-corrected chi connectivity index (χ0v) is 12.9. The highest BCUT2D eigenvalue weighted by Gasteiger charge is 2.21. The van der Waals surface area contributed by atoms with Gasteiger partial charge in [-0.25, -0.2) is 0 Å². The largest absolute Gasteiger partial charge is 0.496 e. The molecule has 23 heavy (non-hydrogen) atoms. The van der Waals surface area contributed by atoms with Gasteiger partial charge in [0.05, 0.1) is 7.11 Å². The minimum absolute atomic E-state index is 0.284. The molecule has 1 atom stereocenters. The fourth-order valence-corrected chi connectivity index (χ4v) is 3.03. The summed E-state index contributed by atoms with van der Waals surface area (Å²) in [4.78, 5) is 0. The van der Waals surface area contributed by atoms with Crippen LogP contribution in [0, 0.1) is 5.92 Å². The van der Waals surface area contributed by atoms with Crippen molar-refractivity contribution in [2.24, 2.45) is 5.92 Å². The summed E-state index contributed by atoms with van der Waals surface area (Å²) >= 11 is 0. The van der Waals surface area contributed by atoms with E-state index in [2.05, 4.69) is 17.3 Å². The van der Waals surface area contributed by atoms with E-state index in [1.165, 1.54) is 0 Å². The Morgan fingerprint density at radius 3 is 3.04 bits per heavy atom. The number of ether oxygens (including phenoxy) is 3. The van der Waals surface area contributed by atoms with Gasteiger partial charge in [0.2, 0.25) is 6.79 Å². The Kier molecular flexibility index (Phi) is 3.54. The van der Waals surface area contributed by atoms with Gasteiger partial charge in [-0.3, -0.25) is 4.68 Å². The highest BCUT2D eigenvalue weighted by Crippen LogP contribution is 2.38. The van der Waals surface area contributed by atoms with Crippen LogP contribution in [-0.2, 0) is 11.3 Å². The minimum Gasteiger partial charge on any atom is -0.496 e. The Balaban J connectivity index is 1.65. The Hall–Kier alpha value is -2.69. The van der Waals surface area contributed by atoms with Gasteiger partial charge >= 0.3 is 0 Å². The van der Waals surface area contributed by atoms with Crippen molar-refractivity contribution in [1.82, 2.24) is 9.78 Å². The number of nitrogens with zero attached hydrogens (tertiary/aromatic N) is 2. The van der Waals surface area contributed by atoms with Gasteiger partial charge in [-0.2, -0.15) is 5.10 Å². The molecule has 2 heterocycles. The van der Waals surface area contributed by atoms with E-state index in [-0.39, 0.29) is 6.79 Å². The first kappa shape index (κ1) is 13.9. The quantitative estimate of drug-likeness (QED) is 0.869. The fourth-order valence-electron chi connectivity index (χ4n) is 3.03. The van der Waals surface area contributed by atoms with Gasteiger partial charge in [-0.15, -0.1) is 0 Å². The van der Waals surface area contributed by atoms with Crippen LogP contribution in [0.5, 0.6) is 11.5 Å². The summed E-state index contributed by atoms with van der Waals surface area (Å²) in [5.41, 5.74) is 2.17. The van der Waals surface area contributed by atoms with Gasteiger partial charge in [-0.1, -0.05) is 12.1 Å². The molecule has 0 saturated heterocycles. The number of hydrogen-bond acceptors (Lipinski definition) is 4. The maximum Gasteiger partial charge on any atom is 0.231 e. The lowest BCUT2D eigenvalue weighted by Gasteiger charge is -2.21. The van der Waals surface area contributed by atoms with Crippen LogP contribution in [0.3, 0.4) is 0 Å². The van der Waals surface area contributed by atoms with Crippen LogP contribution in [-0.4, -0.2) is 23.7 Å². The molecule has 1 unspecified atom stereocenters. The molecule has 1 aliphatic carbocycles. The van der Waals surface area contributed by atoms with E-state index in [1.807, 2.05) is 41.3 Å². The fraction of sp³-hybridized carbons (Fsp3) is 0.278. The first-order chi connectivity index (χ1) is 11.3. The molecule has 0 spiro atoms. The Morgan fingerprint density at radius 2 is 2.22 bits per heavy atom. The lowest BCUT2D eigenvalue weighted by atomic mass is 9.90. The summed E-state index contributed by atoms with van der Waals surface area (Å²) in [6.07, 6.45) is 9.15. The summed E-state index contributed by atoms with van der Waals surface area (Å²) in [5, 5.41) is 4.29. The number of benzene rings is 1. The maximum absolute atomic E-state index is 5.56. The standard InChI is InChI=1S/C18H18N2O3/c1-21-16-5-3-13(11-20-8-2-7-19-20)9-15(16)14-4-6-17-18(10-14)23-12-22-17/h2,4-10,13H,3,11-12H2,1H3. The normalized spacial score (nSPS) is 19.3. The van der Waals surface area contributed by atoms with Crippen molar-refractivity contribution in [3.05, 3.63) is 60.1 Å². The smallest absolute Gasteiger partial charge is 0.231 e. The molecule has 0 N–H and O–H groups in total. The molecule has 0 saturated carbocycles. The van der Waals surface area contributed by atoms with Gasteiger partial charge in [0.15, 0.2) is 11.5 Å². The zero-order chi connectivity index (χ0) is 15.6. The minimum atomic E-state index is 0.284. The number of hydrogen-bond donors (Lipinski definition) is 0. The second-order valence-electron chi connectivity index (χ2n) is 5.64. The molecule has 2 aliphatic rings. The van der Waals surface area contributed by atoms with E-state index < -0.39 is 0 Å². The molecule has 0 radical (unpaired) electrons. The molecule has 0 bridgehead atoms. The van der Waals surface area contributed by atoms with E-state index in [0.717, 1.165) is 41.4 Å². The third-order valence-electron chi connectivity index (χ3n) is 4.16. The van der Waals surface area contributed by atoms with Gasteiger partial charge in [0.1, 0.15) is 5.76 Å². The molecular formula is C18H18N2O3. The van der Waals surface area contributed by atoms with Crippen LogP contribution < -0.4 is 9.47 Å². The van der Waals surface area contributed by atoms with E-state index >= 15 is 0 Å². The van der Waals surface area contributed by atoms with Crippen LogP contribution in [0.2, 0.25) is 0 Å². The monoisotopic (exact) mass is 310 g/mol. The predicted octanol–water partition coefficient (Wildman–Crippen LogP) is 3.25. The molecule has 0 amide bonds. The molecule has 5 heteroatoms. The molecule has 5 nitrogen and oxygen atoms in total. The van der Waals surface area contributed by atoms with Crippen LogP contribution >= 0.6 is 0 Å². The predicted molar refractivity (Wildman–Crippen MR) is 86.0 cm³/mol. The average Bonchev–Trinajstić information content (AvgIpc) is 3.25. The molecular weight excluding hydrogens is 292 g/mol. The topological polar surface area (TPSA) is 45.5 Å². The summed E-state index contributed by atoms with van der Waals surface area (Å²) in [5.74, 6) is 2.86. The van der Waals surface area contributed by atoms with Crippen molar-refractivity contribution in [2.75, 3.05) is 13.9 Å². The highest BCUT2D eigenvalue weighted by molar-refractivity contribution is 5.79. The van der Waals surface area contributed by atoms with Crippen molar-refractivity contribution in [3.8, 4) is 11.5 Å². The van der Waals surface area contributed by atoms with Gasteiger partial charge in [-0.05, 0) is 36.3 Å². The summed E-state index contributed by atoms with van der Waals surface area (Å²) in [6.45, 7) is 1.14. The Bertz CT molecular complexity index is 763. The maximum atomic E-state index is 5.56. The van der Waals surface area contributed by atoms with E-state index in [1.54, 1.807) is 7.11 Å². The van der Waals surface area contributed by atoms with Crippen molar-refractivity contribution in [3.63, 3.8) is 0 Å². The zero-order valence-electron chi connectivity index (χ0n) is 12.9. The van der Waals surface area contributed by atoms with Crippen molar-refractivity contribution >= 4 is 5.57 Å². The van der Waals surface area contributed by atoms with Crippen molar-refractivity contribution < 1.29 is 14.2 Å². The number of methoxy groups -OCH3 is 1. The summed E-state index contributed by atoms with van der Waals surface area (Å²) in [6, 6.07) is 7.95. The molecule has 1 aromatic carbocycles. The lowest BCUT2D eigenvalue weighted by molar-refractivity contribution is 0.174. The van der Waals surface area contributed by atoms with Crippen molar-refractivity contribution in [1.29, 1.82) is 0 Å². The number of allylic oxidation sites excluding steroid dienone is 3. The highest BCUT2D eigenvalue weighted by atomic mass is 16.7. The first-order valence-corrected chi connectivity index (χ1v) is 7.67. The van der Waals surface area contributed by atoms with Gasteiger partial charge in [0.25, 0.3) is 0 Å². The Morgan fingerprint density at radius 1 is 1.30 bits per heavy atom. The molecule has 4 rings (SSSR count). The summed E-state index contributed by atoms with van der Waals surface area (Å²) in [7, 11) is 1.71. The van der Waals surface area contributed by atoms with E-state index in [0.29, 0.717) is 5.92 Å². The number of rotatable bonds is 4. The third kappa shape index (κ3) is 2.70. The van der Waals surface area contributed by atoms with E-state index in [9.17, 15) is 0 Å².